The standard InChI is InChI=1S/C17H15Cl2NO2/c1-10(21)6-7-11-8-12(18)9-15-16(11)22-17(20-15)13-4-2-3-5-14(13)19/h2-5,8-10,21H,6-7H2,1H3. The summed E-state index contributed by atoms with van der Waals surface area (Å²) in [5.41, 5.74) is 3.08. The summed E-state index contributed by atoms with van der Waals surface area (Å²) in [7, 11) is 0. The van der Waals surface area contributed by atoms with Crippen molar-refractivity contribution in [2.75, 3.05) is 0 Å². The van der Waals surface area contributed by atoms with Gasteiger partial charge < -0.3 is 9.52 Å². The molecule has 1 N–H and O–H groups in total. The minimum atomic E-state index is -0.375. The molecular weight excluding hydrogens is 321 g/mol. The Hall–Kier alpha value is -1.55. The van der Waals surface area contributed by atoms with Crippen LogP contribution in [0.25, 0.3) is 22.6 Å². The van der Waals surface area contributed by atoms with Gasteiger partial charge in [-0.05, 0) is 49.6 Å². The molecule has 0 amide bonds. The normalized spacial score (nSPS) is 12.7. The SMILES string of the molecule is CC(O)CCc1cc(Cl)cc2nc(-c3ccccc3Cl)oc12. The monoisotopic (exact) mass is 335 g/mol. The molecule has 0 saturated heterocycles. The molecule has 1 atom stereocenters. The van der Waals surface area contributed by atoms with Gasteiger partial charge in [-0.1, -0.05) is 35.3 Å². The highest BCUT2D eigenvalue weighted by atomic mass is 35.5. The van der Waals surface area contributed by atoms with Crippen molar-refractivity contribution in [3.8, 4) is 11.5 Å². The summed E-state index contributed by atoms with van der Waals surface area (Å²) in [6.07, 6.45) is 0.934. The van der Waals surface area contributed by atoms with E-state index in [2.05, 4.69) is 4.98 Å². The van der Waals surface area contributed by atoms with Crippen LogP contribution in [0.2, 0.25) is 10.0 Å². The van der Waals surface area contributed by atoms with Crippen molar-refractivity contribution in [3.05, 3.63) is 52.0 Å². The number of halogens is 2. The smallest absolute Gasteiger partial charge is 0.228 e. The number of hydrogen-bond donors (Lipinski definition) is 1. The zero-order valence-corrected chi connectivity index (χ0v) is 13.5. The largest absolute Gasteiger partial charge is 0.436 e. The Morgan fingerprint density at radius 1 is 1.23 bits per heavy atom. The summed E-state index contributed by atoms with van der Waals surface area (Å²) in [5.74, 6) is 0.473. The number of rotatable bonds is 4. The van der Waals surface area contributed by atoms with Gasteiger partial charge in [-0.2, -0.15) is 0 Å². The predicted octanol–water partition coefficient (Wildman–Crippen LogP) is 5.12. The first kappa shape index (κ1) is 15.3. The molecule has 2 aromatic carbocycles. The first-order valence-electron chi connectivity index (χ1n) is 7.06. The molecule has 22 heavy (non-hydrogen) atoms. The zero-order chi connectivity index (χ0) is 15.7. The maximum Gasteiger partial charge on any atom is 0.228 e. The molecule has 5 heteroatoms. The average molecular weight is 336 g/mol. The molecule has 114 valence electrons. The highest BCUT2D eigenvalue weighted by Gasteiger charge is 2.15. The molecule has 3 aromatic rings. The van der Waals surface area contributed by atoms with Crippen LogP contribution in [0.4, 0.5) is 0 Å². The number of benzene rings is 2. The van der Waals surface area contributed by atoms with E-state index in [1.807, 2.05) is 24.3 Å². The quantitative estimate of drug-likeness (QED) is 0.720. The van der Waals surface area contributed by atoms with E-state index >= 15 is 0 Å². The van der Waals surface area contributed by atoms with Crippen LogP contribution >= 0.6 is 23.2 Å². The van der Waals surface area contributed by atoms with E-state index in [1.165, 1.54) is 0 Å². The number of aromatic nitrogens is 1. The third-order valence-corrected chi connectivity index (χ3v) is 4.02. The molecule has 0 spiro atoms. The first-order valence-corrected chi connectivity index (χ1v) is 7.82. The van der Waals surface area contributed by atoms with Gasteiger partial charge in [-0.15, -0.1) is 0 Å². The molecule has 1 heterocycles. The van der Waals surface area contributed by atoms with Gasteiger partial charge in [-0.3, -0.25) is 0 Å². The number of hydrogen-bond acceptors (Lipinski definition) is 3. The fraction of sp³-hybridized carbons (Fsp3) is 0.235. The van der Waals surface area contributed by atoms with Gasteiger partial charge in [0.2, 0.25) is 5.89 Å². The van der Waals surface area contributed by atoms with Gasteiger partial charge in [0.05, 0.1) is 16.7 Å². The van der Waals surface area contributed by atoms with Crippen molar-refractivity contribution in [1.82, 2.24) is 4.98 Å². The highest BCUT2D eigenvalue weighted by Crippen LogP contribution is 2.33. The highest BCUT2D eigenvalue weighted by molar-refractivity contribution is 6.33. The Labute approximate surface area is 138 Å². The lowest BCUT2D eigenvalue weighted by Crippen LogP contribution is -2.01. The minimum absolute atomic E-state index is 0.375. The summed E-state index contributed by atoms with van der Waals surface area (Å²) in [4.78, 5) is 4.49. The van der Waals surface area contributed by atoms with Crippen molar-refractivity contribution < 1.29 is 9.52 Å². The Balaban J connectivity index is 2.09. The van der Waals surface area contributed by atoms with Gasteiger partial charge in [0.25, 0.3) is 0 Å². The van der Waals surface area contributed by atoms with Crippen LogP contribution in [0.3, 0.4) is 0 Å². The third kappa shape index (κ3) is 3.12. The minimum Gasteiger partial charge on any atom is -0.436 e. The molecule has 1 aromatic heterocycles. The molecular formula is C17H15Cl2NO2. The molecule has 0 radical (unpaired) electrons. The average Bonchev–Trinajstić information content (AvgIpc) is 2.88. The van der Waals surface area contributed by atoms with E-state index in [9.17, 15) is 5.11 Å². The van der Waals surface area contributed by atoms with Gasteiger partial charge >= 0.3 is 0 Å². The van der Waals surface area contributed by atoms with Crippen molar-refractivity contribution >= 4 is 34.3 Å². The fourth-order valence-corrected chi connectivity index (χ4v) is 2.82. The van der Waals surface area contributed by atoms with E-state index in [0.717, 1.165) is 11.1 Å². The van der Waals surface area contributed by atoms with Crippen LogP contribution in [0.15, 0.2) is 40.8 Å². The van der Waals surface area contributed by atoms with Crippen LogP contribution in [-0.4, -0.2) is 16.2 Å². The second-order valence-corrected chi connectivity index (χ2v) is 6.14. The maximum atomic E-state index is 9.48. The van der Waals surface area contributed by atoms with E-state index in [1.54, 1.807) is 19.1 Å². The fourth-order valence-electron chi connectivity index (χ4n) is 2.36. The van der Waals surface area contributed by atoms with Gasteiger partial charge in [0, 0.05) is 5.02 Å². The Bertz CT molecular complexity index is 812. The van der Waals surface area contributed by atoms with Crippen molar-refractivity contribution in [1.29, 1.82) is 0 Å². The van der Waals surface area contributed by atoms with Crippen molar-refractivity contribution in [2.24, 2.45) is 0 Å². The number of oxazole rings is 1. The van der Waals surface area contributed by atoms with Crippen molar-refractivity contribution in [3.63, 3.8) is 0 Å². The Kier molecular flexibility index (Phi) is 4.39. The lowest BCUT2D eigenvalue weighted by Gasteiger charge is -2.05. The number of aryl methyl sites for hydroxylation is 1. The molecule has 0 bridgehead atoms. The molecule has 3 nitrogen and oxygen atoms in total. The third-order valence-electron chi connectivity index (χ3n) is 3.47. The number of fused-ring (bicyclic) bond motifs is 1. The summed E-state index contributed by atoms with van der Waals surface area (Å²) in [5, 5.41) is 10.7. The topological polar surface area (TPSA) is 46.3 Å². The van der Waals surface area contributed by atoms with Crippen LogP contribution in [-0.2, 0) is 6.42 Å². The molecule has 3 rings (SSSR count). The number of nitrogens with zero attached hydrogens (tertiary/aromatic N) is 1. The van der Waals surface area contributed by atoms with Crippen LogP contribution in [0.5, 0.6) is 0 Å². The lowest BCUT2D eigenvalue weighted by molar-refractivity contribution is 0.185. The first-order chi connectivity index (χ1) is 10.5. The zero-order valence-electron chi connectivity index (χ0n) is 12.0. The number of aliphatic hydroxyl groups excluding tert-OH is 1. The maximum absolute atomic E-state index is 9.48. The summed E-state index contributed by atoms with van der Waals surface area (Å²) in [6.45, 7) is 1.76. The molecule has 0 saturated carbocycles. The van der Waals surface area contributed by atoms with E-state index in [-0.39, 0.29) is 6.10 Å². The summed E-state index contributed by atoms with van der Waals surface area (Å²) in [6, 6.07) is 11.0. The van der Waals surface area contributed by atoms with Crippen molar-refractivity contribution in [2.45, 2.75) is 25.9 Å². The predicted molar refractivity (Wildman–Crippen MR) is 89.5 cm³/mol. The van der Waals surface area contributed by atoms with Gasteiger partial charge in [0.1, 0.15) is 5.52 Å². The summed E-state index contributed by atoms with van der Waals surface area (Å²) < 4.78 is 5.92. The molecule has 0 aliphatic carbocycles. The van der Waals surface area contributed by atoms with Gasteiger partial charge in [0.15, 0.2) is 5.58 Å². The molecule has 0 aliphatic rings. The van der Waals surface area contributed by atoms with E-state index in [4.69, 9.17) is 27.6 Å². The van der Waals surface area contributed by atoms with Gasteiger partial charge in [-0.25, -0.2) is 4.98 Å². The Morgan fingerprint density at radius 3 is 2.73 bits per heavy atom. The summed E-state index contributed by atoms with van der Waals surface area (Å²) >= 11 is 12.4. The van der Waals surface area contributed by atoms with E-state index < -0.39 is 0 Å². The van der Waals surface area contributed by atoms with E-state index in [0.29, 0.717) is 39.9 Å². The molecule has 0 fully saturated rings. The van der Waals surface area contributed by atoms with Crippen LogP contribution < -0.4 is 0 Å². The second kappa shape index (κ2) is 6.29. The van der Waals surface area contributed by atoms with Crippen LogP contribution in [0.1, 0.15) is 18.9 Å². The lowest BCUT2D eigenvalue weighted by atomic mass is 10.1. The molecule has 1 unspecified atom stereocenters. The second-order valence-electron chi connectivity index (χ2n) is 5.30. The number of aliphatic hydroxyl groups is 1. The molecule has 0 aliphatic heterocycles. The van der Waals surface area contributed by atoms with Crippen LogP contribution in [0, 0.1) is 0 Å². The Morgan fingerprint density at radius 2 is 2.00 bits per heavy atom.